The number of ether oxygens (including phenoxy) is 2. The largest absolute Gasteiger partial charge is 0.494 e. The summed E-state index contributed by atoms with van der Waals surface area (Å²) in [4.78, 5) is 44.6. The number of nitro groups is 1. The van der Waals surface area contributed by atoms with Crippen LogP contribution in [0.1, 0.15) is 31.7 Å². The molecule has 0 radical (unpaired) electrons. The Hall–Kier alpha value is -3.43. The SMILES string of the molecule is CCOC(=O)CCCCOc1ccc([N+](=O)[O-])c(/C=C2/NC(=O)NC2=O)c1. The minimum absolute atomic E-state index is 0.0883. The van der Waals surface area contributed by atoms with Gasteiger partial charge in [0.2, 0.25) is 0 Å². The number of carbonyl (C=O) groups excluding carboxylic acids is 3. The molecule has 1 aliphatic heterocycles. The molecule has 2 N–H and O–H groups in total. The van der Waals surface area contributed by atoms with E-state index in [2.05, 4.69) is 5.32 Å². The standard InChI is InChI=1S/C17H19N3O7/c1-2-26-15(21)5-3-4-8-27-12-6-7-14(20(24)25)11(9-12)10-13-16(22)19-17(23)18-13/h6-7,9-10H,2-5,8H2,1H3,(H2,18,19,22,23)/b13-10+. The highest BCUT2D eigenvalue weighted by atomic mass is 16.6. The van der Waals surface area contributed by atoms with Crippen molar-refractivity contribution in [3.63, 3.8) is 0 Å². The zero-order chi connectivity index (χ0) is 19.8. The summed E-state index contributed by atoms with van der Waals surface area (Å²) < 4.78 is 10.4. The normalized spacial score (nSPS) is 14.6. The third-order valence-corrected chi connectivity index (χ3v) is 3.56. The van der Waals surface area contributed by atoms with Crippen LogP contribution in [-0.2, 0) is 14.3 Å². The molecule has 2 rings (SSSR count). The number of benzene rings is 1. The van der Waals surface area contributed by atoms with Crippen molar-refractivity contribution in [1.82, 2.24) is 10.6 Å². The molecule has 144 valence electrons. The maximum atomic E-state index is 11.6. The second-order valence-electron chi connectivity index (χ2n) is 5.55. The molecule has 1 aliphatic rings. The molecule has 0 aliphatic carbocycles. The Balaban J connectivity index is 2.01. The van der Waals surface area contributed by atoms with Gasteiger partial charge in [0, 0.05) is 12.5 Å². The van der Waals surface area contributed by atoms with Crippen molar-refractivity contribution in [2.45, 2.75) is 26.2 Å². The van der Waals surface area contributed by atoms with Crippen LogP contribution in [0.4, 0.5) is 10.5 Å². The second kappa shape index (κ2) is 9.32. The number of nitrogens with zero attached hydrogens (tertiary/aromatic N) is 1. The Morgan fingerprint density at radius 2 is 2.04 bits per heavy atom. The minimum Gasteiger partial charge on any atom is -0.494 e. The average Bonchev–Trinajstić information content (AvgIpc) is 2.92. The number of carbonyl (C=O) groups is 3. The Morgan fingerprint density at radius 1 is 1.26 bits per heavy atom. The van der Waals surface area contributed by atoms with Gasteiger partial charge in [0.1, 0.15) is 11.4 Å². The highest BCUT2D eigenvalue weighted by Gasteiger charge is 2.24. The van der Waals surface area contributed by atoms with Gasteiger partial charge in [0.25, 0.3) is 11.6 Å². The molecule has 10 heteroatoms. The van der Waals surface area contributed by atoms with Crippen LogP contribution in [-0.4, -0.2) is 36.0 Å². The molecule has 10 nitrogen and oxygen atoms in total. The molecule has 0 spiro atoms. The smallest absolute Gasteiger partial charge is 0.326 e. The first-order chi connectivity index (χ1) is 12.9. The lowest BCUT2D eigenvalue weighted by atomic mass is 10.1. The molecule has 0 unspecified atom stereocenters. The number of amides is 3. The van der Waals surface area contributed by atoms with E-state index in [-0.39, 0.29) is 22.9 Å². The van der Waals surface area contributed by atoms with Gasteiger partial charge >= 0.3 is 12.0 Å². The zero-order valence-electron chi connectivity index (χ0n) is 14.6. The lowest BCUT2D eigenvalue weighted by Gasteiger charge is -2.08. The molecule has 1 aromatic rings. The molecule has 1 fully saturated rings. The van der Waals surface area contributed by atoms with Crippen molar-refractivity contribution in [3.8, 4) is 5.75 Å². The van der Waals surface area contributed by atoms with Crippen molar-refractivity contribution < 1.29 is 28.8 Å². The van der Waals surface area contributed by atoms with Crippen LogP contribution in [0.15, 0.2) is 23.9 Å². The summed E-state index contributed by atoms with van der Waals surface area (Å²) in [6, 6.07) is 3.42. The second-order valence-corrected chi connectivity index (χ2v) is 5.55. The highest BCUT2D eigenvalue weighted by Crippen LogP contribution is 2.26. The number of nitro benzene ring substituents is 1. The van der Waals surface area contributed by atoms with Crippen molar-refractivity contribution in [2.24, 2.45) is 0 Å². The fourth-order valence-corrected chi connectivity index (χ4v) is 2.34. The van der Waals surface area contributed by atoms with Crippen LogP contribution in [0, 0.1) is 10.1 Å². The summed E-state index contributed by atoms with van der Waals surface area (Å²) in [5.41, 5.74) is -0.197. The van der Waals surface area contributed by atoms with E-state index in [0.29, 0.717) is 38.2 Å². The zero-order valence-corrected chi connectivity index (χ0v) is 14.6. The summed E-state index contributed by atoms with van der Waals surface area (Å²) in [6.07, 6.45) is 2.70. The number of hydrogen-bond donors (Lipinski definition) is 2. The number of urea groups is 1. The molecule has 0 atom stereocenters. The highest BCUT2D eigenvalue weighted by molar-refractivity contribution is 6.14. The average molecular weight is 377 g/mol. The van der Waals surface area contributed by atoms with Crippen LogP contribution in [0.2, 0.25) is 0 Å². The van der Waals surface area contributed by atoms with Gasteiger partial charge in [-0.3, -0.25) is 25.0 Å². The van der Waals surface area contributed by atoms with Crippen LogP contribution in [0.25, 0.3) is 6.08 Å². The maximum Gasteiger partial charge on any atom is 0.326 e. The topological polar surface area (TPSA) is 137 Å². The van der Waals surface area contributed by atoms with Gasteiger partial charge in [-0.05, 0) is 38.0 Å². The third kappa shape index (κ3) is 5.80. The lowest BCUT2D eigenvalue weighted by Crippen LogP contribution is -2.22. The molecule has 1 saturated heterocycles. The fraction of sp³-hybridized carbons (Fsp3) is 0.353. The number of rotatable bonds is 9. The van der Waals surface area contributed by atoms with Crippen molar-refractivity contribution in [1.29, 1.82) is 0 Å². The Kier molecular flexibility index (Phi) is 6.86. The van der Waals surface area contributed by atoms with E-state index in [9.17, 15) is 24.5 Å². The summed E-state index contributed by atoms with van der Waals surface area (Å²) in [7, 11) is 0. The van der Waals surface area contributed by atoms with Crippen LogP contribution in [0.3, 0.4) is 0 Å². The molecular weight excluding hydrogens is 358 g/mol. The van der Waals surface area contributed by atoms with E-state index in [1.807, 2.05) is 5.32 Å². The number of esters is 1. The predicted molar refractivity (Wildman–Crippen MR) is 93.7 cm³/mol. The molecule has 3 amide bonds. The fourth-order valence-electron chi connectivity index (χ4n) is 2.34. The van der Waals surface area contributed by atoms with Crippen molar-refractivity contribution >= 4 is 29.7 Å². The van der Waals surface area contributed by atoms with Crippen LogP contribution >= 0.6 is 0 Å². The van der Waals surface area contributed by atoms with E-state index in [1.54, 1.807) is 6.92 Å². The molecule has 0 bridgehead atoms. The van der Waals surface area contributed by atoms with E-state index in [1.165, 1.54) is 24.3 Å². The van der Waals surface area contributed by atoms with Gasteiger partial charge in [0.05, 0.1) is 23.7 Å². The number of imide groups is 1. The van der Waals surface area contributed by atoms with Gasteiger partial charge < -0.3 is 14.8 Å². The predicted octanol–water partition coefficient (Wildman–Crippen LogP) is 1.89. The molecular formula is C17H19N3O7. The quantitative estimate of drug-likeness (QED) is 0.167. The summed E-state index contributed by atoms with van der Waals surface area (Å²) in [5.74, 6) is -0.563. The number of nitrogens with one attached hydrogen (secondary N) is 2. The van der Waals surface area contributed by atoms with Gasteiger partial charge in [-0.15, -0.1) is 0 Å². The number of unbranched alkanes of at least 4 members (excludes halogenated alkanes) is 1. The van der Waals surface area contributed by atoms with Gasteiger partial charge in [-0.1, -0.05) is 0 Å². The first-order valence-corrected chi connectivity index (χ1v) is 8.31. The molecule has 1 heterocycles. The van der Waals surface area contributed by atoms with E-state index < -0.39 is 16.9 Å². The molecule has 27 heavy (non-hydrogen) atoms. The Bertz CT molecular complexity index is 789. The summed E-state index contributed by atoms with van der Waals surface area (Å²) >= 11 is 0. The minimum atomic E-state index is -0.692. The van der Waals surface area contributed by atoms with Gasteiger partial charge in [0.15, 0.2) is 0 Å². The van der Waals surface area contributed by atoms with Crippen LogP contribution in [0.5, 0.6) is 5.75 Å². The molecule has 1 aromatic carbocycles. The summed E-state index contributed by atoms with van der Waals surface area (Å²) in [5, 5.41) is 15.5. The van der Waals surface area contributed by atoms with Gasteiger partial charge in [-0.25, -0.2) is 4.79 Å². The van der Waals surface area contributed by atoms with E-state index >= 15 is 0 Å². The van der Waals surface area contributed by atoms with Gasteiger partial charge in [-0.2, -0.15) is 0 Å². The Labute approximate surface area is 154 Å². The Morgan fingerprint density at radius 3 is 2.67 bits per heavy atom. The monoisotopic (exact) mass is 377 g/mol. The van der Waals surface area contributed by atoms with E-state index in [0.717, 1.165) is 0 Å². The van der Waals surface area contributed by atoms with Crippen LogP contribution < -0.4 is 15.4 Å². The molecule has 0 saturated carbocycles. The first-order valence-electron chi connectivity index (χ1n) is 8.31. The van der Waals surface area contributed by atoms with Crippen molar-refractivity contribution in [2.75, 3.05) is 13.2 Å². The maximum absolute atomic E-state index is 11.6. The third-order valence-electron chi connectivity index (χ3n) is 3.56. The lowest BCUT2D eigenvalue weighted by molar-refractivity contribution is -0.385. The number of hydrogen-bond acceptors (Lipinski definition) is 7. The van der Waals surface area contributed by atoms with Crippen molar-refractivity contribution in [3.05, 3.63) is 39.6 Å². The van der Waals surface area contributed by atoms with E-state index in [4.69, 9.17) is 9.47 Å². The molecule has 0 aromatic heterocycles. The summed E-state index contributed by atoms with van der Waals surface area (Å²) in [6.45, 7) is 2.39. The first kappa shape index (κ1) is 19.9.